The molecular formula is C38H54FN7O8Si. The van der Waals surface area contributed by atoms with E-state index in [4.69, 9.17) is 18.6 Å². The molecule has 0 spiro atoms. The summed E-state index contributed by atoms with van der Waals surface area (Å²) in [6.07, 6.45) is 1.67. The smallest absolute Gasteiger partial charge is 0.415 e. The predicted octanol–water partition coefficient (Wildman–Crippen LogP) is 5.35. The van der Waals surface area contributed by atoms with E-state index in [9.17, 15) is 19.2 Å². The molecule has 4 amide bonds. The van der Waals surface area contributed by atoms with Crippen LogP contribution < -0.4 is 20.3 Å². The first kappa shape index (κ1) is 40.3. The van der Waals surface area contributed by atoms with Gasteiger partial charge in [0.1, 0.15) is 23.6 Å². The molecule has 1 aromatic heterocycles. The van der Waals surface area contributed by atoms with Crippen molar-refractivity contribution in [3.63, 3.8) is 0 Å². The van der Waals surface area contributed by atoms with E-state index >= 15 is 4.39 Å². The molecule has 4 atom stereocenters. The number of ether oxygens (including phenoxy) is 3. The van der Waals surface area contributed by atoms with Gasteiger partial charge in [-0.2, -0.15) is 0 Å². The van der Waals surface area contributed by atoms with E-state index < -0.39 is 38.1 Å². The number of nitrogens with zero attached hydrogens (tertiary/aromatic N) is 5. The number of nitrogens with one attached hydrogen (secondary N) is 2. The fraction of sp³-hybridized carbons (Fsp3) is 0.632. The van der Waals surface area contributed by atoms with Crippen molar-refractivity contribution in [1.29, 1.82) is 0 Å². The van der Waals surface area contributed by atoms with Crippen molar-refractivity contribution in [1.82, 2.24) is 19.8 Å². The molecule has 2 N–H and O–H groups in total. The zero-order valence-electron chi connectivity index (χ0n) is 33.3. The first-order chi connectivity index (χ1) is 25.7. The average molecular weight is 784 g/mol. The van der Waals surface area contributed by atoms with Gasteiger partial charge in [0.2, 0.25) is 5.91 Å². The molecule has 15 nitrogen and oxygen atoms in total. The van der Waals surface area contributed by atoms with Gasteiger partial charge in [-0.05, 0) is 94.4 Å². The molecule has 300 valence electrons. The molecule has 4 heterocycles. The van der Waals surface area contributed by atoms with Gasteiger partial charge in [0.15, 0.2) is 26.6 Å². The van der Waals surface area contributed by atoms with Crippen LogP contribution in [0.25, 0.3) is 0 Å². The number of halogens is 1. The molecule has 4 aliphatic rings. The number of hydrogen-bond acceptors (Lipinski definition) is 11. The Morgan fingerprint density at radius 1 is 1.13 bits per heavy atom. The van der Waals surface area contributed by atoms with E-state index in [0.29, 0.717) is 50.0 Å². The highest BCUT2D eigenvalue weighted by atomic mass is 28.4. The number of rotatable bonds is 10. The molecule has 0 bridgehead atoms. The maximum atomic E-state index is 15.6. The van der Waals surface area contributed by atoms with Crippen molar-refractivity contribution in [2.75, 3.05) is 55.4 Å². The topological polar surface area (TPSA) is 165 Å². The Kier molecular flexibility index (Phi) is 11.2. The summed E-state index contributed by atoms with van der Waals surface area (Å²) in [5.74, 6) is -0.368. The highest BCUT2D eigenvalue weighted by Gasteiger charge is 2.47. The molecular weight excluding hydrogens is 730 g/mol. The Morgan fingerprint density at radius 2 is 1.87 bits per heavy atom. The van der Waals surface area contributed by atoms with Gasteiger partial charge in [0.25, 0.3) is 11.8 Å². The quantitative estimate of drug-likeness (QED) is 0.299. The molecule has 2 saturated heterocycles. The minimum atomic E-state index is -2.20. The molecule has 2 aromatic rings. The summed E-state index contributed by atoms with van der Waals surface area (Å²) in [4.78, 5) is 64.9. The van der Waals surface area contributed by atoms with Crippen LogP contribution in [-0.4, -0.2) is 116 Å². The number of aromatic nitrogens is 2. The number of hydrogen-bond donors (Lipinski definition) is 2. The molecule has 17 heteroatoms. The second-order valence-electron chi connectivity index (χ2n) is 17.6. The largest absolute Gasteiger partial charge is 0.465 e. The second-order valence-corrected chi connectivity index (χ2v) is 22.4. The van der Waals surface area contributed by atoms with Crippen LogP contribution in [0.15, 0.2) is 18.3 Å². The van der Waals surface area contributed by atoms with Crippen molar-refractivity contribution in [3.05, 3.63) is 35.3 Å². The van der Waals surface area contributed by atoms with Crippen LogP contribution in [-0.2, 0) is 36.3 Å². The van der Waals surface area contributed by atoms with E-state index in [0.717, 1.165) is 5.56 Å². The van der Waals surface area contributed by atoms with E-state index in [1.807, 2.05) is 13.1 Å². The molecule has 2 unspecified atom stereocenters. The number of amides is 4. The van der Waals surface area contributed by atoms with Crippen LogP contribution in [0.3, 0.4) is 0 Å². The number of carbonyl (C=O) groups is 4. The highest BCUT2D eigenvalue weighted by Crippen LogP contribution is 2.39. The standard InChI is InChI=1S/C38H54FN7O8Si/c1-37(2,3)53-36(50)45-20-26(54-55(8,9)38(4,5)6)16-29(45)33(48)41-24-14-23-12-22(13-27(23)28(39)15-24)18-44(7)11-10-25-19-46(35(49)52-25)30-17-40-34-32(42-30)43-31(47)21-51-34/h14-15,17,22,25-26,29H,10-13,16,18-21H2,1-9H3,(H,41,48)(H,42,43,47)/t22?,25?,26-,29+/m1/s1. The minimum Gasteiger partial charge on any atom is -0.465 e. The normalized spacial score (nSPS) is 22.6. The second kappa shape index (κ2) is 15.3. The van der Waals surface area contributed by atoms with Gasteiger partial charge in [0.05, 0.1) is 18.8 Å². The molecule has 3 aliphatic heterocycles. The van der Waals surface area contributed by atoms with Crippen LogP contribution in [0.5, 0.6) is 5.88 Å². The van der Waals surface area contributed by atoms with Gasteiger partial charge >= 0.3 is 12.2 Å². The Bertz CT molecular complexity index is 1830. The Morgan fingerprint density at radius 3 is 2.58 bits per heavy atom. The van der Waals surface area contributed by atoms with Crippen LogP contribution in [0.4, 0.5) is 31.3 Å². The first-order valence-electron chi connectivity index (χ1n) is 18.9. The number of likely N-dealkylation sites (tertiary alicyclic amines) is 1. The lowest BCUT2D eigenvalue weighted by Crippen LogP contribution is -2.46. The minimum absolute atomic E-state index is 0.0518. The zero-order valence-corrected chi connectivity index (χ0v) is 34.3. The fourth-order valence-corrected chi connectivity index (χ4v) is 8.55. The molecule has 1 aromatic carbocycles. The summed E-state index contributed by atoms with van der Waals surface area (Å²) in [6, 6.07) is 2.35. The molecule has 0 radical (unpaired) electrons. The van der Waals surface area contributed by atoms with E-state index in [2.05, 4.69) is 59.4 Å². The summed E-state index contributed by atoms with van der Waals surface area (Å²) in [5, 5.41) is 5.44. The molecule has 1 aliphatic carbocycles. The summed E-state index contributed by atoms with van der Waals surface area (Å²) >= 11 is 0. The highest BCUT2D eigenvalue weighted by molar-refractivity contribution is 6.74. The zero-order chi connectivity index (χ0) is 40.0. The molecule has 55 heavy (non-hydrogen) atoms. The lowest BCUT2D eigenvalue weighted by Gasteiger charge is -2.38. The van der Waals surface area contributed by atoms with Crippen LogP contribution >= 0.6 is 0 Å². The van der Waals surface area contributed by atoms with Crippen LogP contribution in [0.1, 0.15) is 65.5 Å². The van der Waals surface area contributed by atoms with Crippen LogP contribution in [0.2, 0.25) is 18.1 Å². The molecule has 0 saturated carbocycles. The van der Waals surface area contributed by atoms with E-state index in [-0.39, 0.29) is 72.1 Å². The summed E-state index contributed by atoms with van der Waals surface area (Å²) in [5.41, 5.74) is 1.09. The predicted molar refractivity (Wildman–Crippen MR) is 205 cm³/mol. The Balaban J connectivity index is 1.03. The number of cyclic esters (lactones) is 1. The Labute approximate surface area is 322 Å². The van der Waals surface area contributed by atoms with Gasteiger partial charge in [-0.1, -0.05) is 20.8 Å². The monoisotopic (exact) mass is 783 g/mol. The number of fused-ring (bicyclic) bond motifs is 2. The van der Waals surface area contributed by atoms with Crippen molar-refractivity contribution < 1.29 is 42.2 Å². The van der Waals surface area contributed by atoms with Gasteiger partial charge in [-0.25, -0.2) is 23.9 Å². The summed E-state index contributed by atoms with van der Waals surface area (Å²) in [6.45, 7) is 17.8. The van der Waals surface area contributed by atoms with Gasteiger partial charge in [-0.15, -0.1) is 0 Å². The maximum absolute atomic E-state index is 15.6. The third-order valence-corrected chi connectivity index (χ3v) is 15.4. The third-order valence-electron chi connectivity index (χ3n) is 10.9. The SMILES string of the molecule is CN(CCC1CN(c2cnc3c(n2)NC(=O)CO3)C(=O)O1)CC1Cc2cc(NC(=O)[C@@H]3C[C@@H](O[Si](C)(C)C(C)(C)C)CN3C(=O)OC(C)(C)C)cc(F)c2C1. The van der Waals surface area contributed by atoms with Gasteiger partial charge < -0.3 is 34.2 Å². The summed E-state index contributed by atoms with van der Waals surface area (Å²) < 4.78 is 38.7. The van der Waals surface area contributed by atoms with E-state index in [1.165, 1.54) is 22.1 Å². The summed E-state index contributed by atoms with van der Waals surface area (Å²) in [7, 11) is -0.214. The van der Waals surface area contributed by atoms with Gasteiger partial charge in [0, 0.05) is 31.7 Å². The number of anilines is 3. The third kappa shape index (κ3) is 9.37. The number of benzene rings is 1. The maximum Gasteiger partial charge on any atom is 0.415 e. The van der Waals surface area contributed by atoms with Crippen molar-refractivity contribution in [2.24, 2.45) is 5.92 Å². The van der Waals surface area contributed by atoms with Crippen molar-refractivity contribution in [3.8, 4) is 5.88 Å². The van der Waals surface area contributed by atoms with Crippen molar-refractivity contribution in [2.45, 2.75) is 109 Å². The molecule has 2 fully saturated rings. The van der Waals surface area contributed by atoms with Crippen molar-refractivity contribution >= 4 is 49.6 Å². The average Bonchev–Trinajstić information content (AvgIpc) is 3.78. The van der Waals surface area contributed by atoms with Gasteiger partial charge in [-0.3, -0.25) is 19.4 Å². The lowest BCUT2D eigenvalue weighted by molar-refractivity contribution is -0.120. The number of carbonyl (C=O) groups excluding carboxylic acids is 4. The first-order valence-corrected chi connectivity index (χ1v) is 21.8. The van der Waals surface area contributed by atoms with Crippen LogP contribution in [0, 0.1) is 11.7 Å². The Hall–Kier alpha value is -4.35. The molecule has 6 rings (SSSR count). The van der Waals surface area contributed by atoms with E-state index in [1.54, 1.807) is 20.8 Å². The fourth-order valence-electron chi connectivity index (χ4n) is 7.19. The lowest BCUT2D eigenvalue weighted by atomic mass is 10.1.